The van der Waals surface area contributed by atoms with Crippen LogP contribution < -0.4 is 5.32 Å². The van der Waals surface area contributed by atoms with Crippen LogP contribution in [0.15, 0.2) is 0 Å². The van der Waals surface area contributed by atoms with Gasteiger partial charge in [0, 0.05) is 38.8 Å². The van der Waals surface area contributed by atoms with Crippen molar-refractivity contribution in [3.63, 3.8) is 0 Å². The number of hydrogen-bond donors (Lipinski definition) is 1. The van der Waals surface area contributed by atoms with Crippen LogP contribution in [0.2, 0.25) is 0 Å². The smallest absolute Gasteiger partial charge is 0.318 e. The van der Waals surface area contributed by atoms with Crippen LogP contribution in [-0.2, 0) is 14.6 Å². The lowest BCUT2D eigenvalue weighted by atomic mass is 10.0. The van der Waals surface area contributed by atoms with Crippen molar-refractivity contribution >= 4 is 21.8 Å². The molecule has 0 spiro atoms. The highest BCUT2D eigenvalue weighted by Crippen LogP contribution is 2.27. The predicted molar refractivity (Wildman–Crippen MR) is 91.5 cm³/mol. The summed E-state index contributed by atoms with van der Waals surface area (Å²) in [5.41, 5.74) is -0.387. The first kappa shape index (κ1) is 19.0. The lowest BCUT2D eigenvalue weighted by Gasteiger charge is -2.44. The first-order chi connectivity index (χ1) is 10.9. The molecule has 24 heavy (non-hydrogen) atoms. The number of urea groups is 1. The Labute approximate surface area is 144 Å². The predicted octanol–water partition coefficient (Wildman–Crippen LogP) is -0.634. The van der Waals surface area contributed by atoms with Gasteiger partial charge in [-0.15, -0.1) is 0 Å². The third kappa shape index (κ3) is 4.38. The normalized spacial score (nSPS) is 26.8. The summed E-state index contributed by atoms with van der Waals surface area (Å²) < 4.78 is 24.3. The fourth-order valence-corrected chi connectivity index (χ4v) is 5.19. The average Bonchev–Trinajstić information content (AvgIpc) is 2.71. The number of amides is 3. The standard InChI is InChI=1S/C15H28N4O4S/c1-15(2,3)16-14(21)19-7-6-18(8-13(20)17(4)5)11-9-24(22,23)10-12(11)19/h11-12H,6-10H2,1-5H3,(H,16,21)/t11-,12+/m1/s1. The third-order valence-corrected chi connectivity index (χ3v) is 6.07. The number of hydrogen-bond acceptors (Lipinski definition) is 5. The second-order valence-corrected chi connectivity index (χ2v) is 10.00. The van der Waals surface area contributed by atoms with Crippen LogP contribution in [-0.4, -0.2) is 97.9 Å². The van der Waals surface area contributed by atoms with E-state index in [4.69, 9.17) is 0 Å². The van der Waals surface area contributed by atoms with Crippen molar-refractivity contribution < 1.29 is 18.0 Å². The van der Waals surface area contributed by atoms with E-state index in [-0.39, 0.29) is 41.6 Å². The van der Waals surface area contributed by atoms with Gasteiger partial charge in [-0.2, -0.15) is 0 Å². The fraction of sp³-hybridized carbons (Fsp3) is 0.867. The molecule has 2 fully saturated rings. The van der Waals surface area contributed by atoms with Crippen molar-refractivity contribution in [1.82, 2.24) is 20.0 Å². The molecular formula is C15H28N4O4S. The molecule has 0 aromatic rings. The summed E-state index contributed by atoms with van der Waals surface area (Å²) in [7, 11) is 0.141. The van der Waals surface area contributed by atoms with Crippen LogP contribution in [0.25, 0.3) is 0 Å². The Morgan fingerprint density at radius 2 is 1.71 bits per heavy atom. The zero-order valence-corrected chi connectivity index (χ0v) is 15.9. The summed E-state index contributed by atoms with van der Waals surface area (Å²) in [4.78, 5) is 29.6. The monoisotopic (exact) mass is 360 g/mol. The highest BCUT2D eigenvalue weighted by molar-refractivity contribution is 7.91. The lowest BCUT2D eigenvalue weighted by Crippen LogP contribution is -2.64. The van der Waals surface area contributed by atoms with Gasteiger partial charge in [0.1, 0.15) is 0 Å². The molecule has 9 heteroatoms. The Morgan fingerprint density at radius 3 is 2.25 bits per heavy atom. The SMILES string of the molecule is CN(C)C(=O)CN1CCN(C(=O)NC(C)(C)C)[C@H]2CS(=O)(=O)C[C@H]21. The van der Waals surface area contributed by atoms with Gasteiger partial charge < -0.3 is 15.1 Å². The quantitative estimate of drug-likeness (QED) is 0.708. The first-order valence-corrected chi connectivity index (χ1v) is 9.95. The summed E-state index contributed by atoms with van der Waals surface area (Å²) in [5, 5.41) is 2.90. The van der Waals surface area contributed by atoms with E-state index in [9.17, 15) is 18.0 Å². The second kappa shape index (κ2) is 6.51. The number of fused-ring (bicyclic) bond motifs is 1. The van der Waals surface area contributed by atoms with E-state index in [0.29, 0.717) is 13.1 Å². The van der Waals surface area contributed by atoms with Gasteiger partial charge in [-0.1, -0.05) is 0 Å². The van der Waals surface area contributed by atoms with Gasteiger partial charge in [-0.25, -0.2) is 13.2 Å². The van der Waals surface area contributed by atoms with Crippen LogP contribution in [0, 0.1) is 0 Å². The fourth-order valence-electron chi connectivity index (χ4n) is 3.18. The molecule has 2 heterocycles. The molecule has 3 amide bonds. The van der Waals surface area contributed by atoms with Gasteiger partial charge >= 0.3 is 6.03 Å². The number of nitrogens with zero attached hydrogens (tertiary/aromatic N) is 3. The van der Waals surface area contributed by atoms with E-state index in [1.807, 2.05) is 25.7 Å². The summed E-state index contributed by atoms with van der Waals surface area (Å²) in [6, 6.07) is -0.965. The minimum Gasteiger partial charge on any atom is -0.348 e. The van der Waals surface area contributed by atoms with Crippen molar-refractivity contribution in [3.05, 3.63) is 0 Å². The molecule has 0 unspecified atom stereocenters. The highest BCUT2D eigenvalue weighted by Gasteiger charge is 2.48. The zero-order valence-electron chi connectivity index (χ0n) is 15.1. The Bertz CT molecular complexity index is 611. The molecule has 2 rings (SSSR count). The molecule has 0 aromatic carbocycles. The zero-order chi connectivity index (χ0) is 18.3. The largest absolute Gasteiger partial charge is 0.348 e. The number of sulfone groups is 1. The maximum atomic E-state index is 12.5. The molecule has 2 saturated heterocycles. The van der Waals surface area contributed by atoms with Crippen molar-refractivity contribution in [2.45, 2.75) is 38.4 Å². The molecule has 2 aliphatic rings. The van der Waals surface area contributed by atoms with E-state index in [2.05, 4.69) is 5.32 Å². The average molecular weight is 360 g/mol. The molecule has 1 N–H and O–H groups in total. The molecule has 0 saturated carbocycles. The van der Waals surface area contributed by atoms with Crippen LogP contribution >= 0.6 is 0 Å². The number of piperazine rings is 1. The molecule has 0 aliphatic carbocycles. The Kier molecular flexibility index (Phi) is 5.15. The van der Waals surface area contributed by atoms with Crippen molar-refractivity contribution in [3.8, 4) is 0 Å². The molecule has 138 valence electrons. The van der Waals surface area contributed by atoms with E-state index in [1.165, 1.54) is 4.90 Å². The van der Waals surface area contributed by atoms with E-state index >= 15 is 0 Å². The summed E-state index contributed by atoms with van der Waals surface area (Å²) in [6.07, 6.45) is 0. The van der Waals surface area contributed by atoms with Crippen LogP contribution in [0.4, 0.5) is 4.79 Å². The third-order valence-electron chi connectivity index (χ3n) is 4.37. The topological polar surface area (TPSA) is 90.0 Å². The minimum absolute atomic E-state index is 0.00231. The van der Waals surface area contributed by atoms with Crippen LogP contribution in [0.3, 0.4) is 0 Å². The number of likely N-dealkylation sites (N-methyl/N-ethyl adjacent to an activating group) is 1. The van der Waals surface area contributed by atoms with Gasteiger partial charge in [-0.3, -0.25) is 9.69 Å². The van der Waals surface area contributed by atoms with Gasteiger partial charge in [-0.05, 0) is 20.8 Å². The Hall–Kier alpha value is -1.35. The summed E-state index contributed by atoms with van der Waals surface area (Å²) in [5.74, 6) is -0.106. The maximum absolute atomic E-state index is 12.5. The van der Waals surface area contributed by atoms with Crippen LogP contribution in [0.5, 0.6) is 0 Å². The molecule has 8 nitrogen and oxygen atoms in total. The summed E-state index contributed by atoms with van der Waals surface area (Å²) in [6.45, 7) is 6.75. The molecule has 2 aliphatic heterocycles. The number of nitrogens with one attached hydrogen (secondary N) is 1. The van der Waals surface area contributed by atoms with E-state index in [1.54, 1.807) is 19.0 Å². The van der Waals surface area contributed by atoms with Gasteiger partial charge in [0.2, 0.25) is 5.91 Å². The first-order valence-electron chi connectivity index (χ1n) is 8.13. The number of carbonyl (C=O) groups is 2. The van der Waals surface area contributed by atoms with E-state index < -0.39 is 15.9 Å². The Morgan fingerprint density at radius 1 is 1.12 bits per heavy atom. The lowest BCUT2D eigenvalue weighted by molar-refractivity contribution is -0.131. The maximum Gasteiger partial charge on any atom is 0.318 e. The molecule has 0 aromatic heterocycles. The minimum atomic E-state index is -3.22. The highest BCUT2D eigenvalue weighted by atomic mass is 32.2. The Balaban J connectivity index is 2.18. The number of carbonyl (C=O) groups excluding carboxylic acids is 2. The molecule has 0 bridgehead atoms. The number of rotatable bonds is 2. The van der Waals surface area contributed by atoms with Crippen molar-refractivity contribution in [2.24, 2.45) is 0 Å². The van der Waals surface area contributed by atoms with E-state index in [0.717, 1.165) is 0 Å². The second-order valence-electron chi connectivity index (χ2n) is 7.84. The van der Waals surface area contributed by atoms with Crippen molar-refractivity contribution in [1.29, 1.82) is 0 Å². The van der Waals surface area contributed by atoms with Gasteiger partial charge in [0.15, 0.2) is 9.84 Å². The molecule has 2 atom stereocenters. The summed E-state index contributed by atoms with van der Waals surface area (Å²) >= 11 is 0. The van der Waals surface area contributed by atoms with Crippen molar-refractivity contribution in [2.75, 3.05) is 45.2 Å². The molecule has 0 radical (unpaired) electrons. The molecular weight excluding hydrogens is 332 g/mol. The van der Waals surface area contributed by atoms with Crippen LogP contribution in [0.1, 0.15) is 20.8 Å². The van der Waals surface area contributed by atoms with Gasteiger partial charge in [0.25, 0.3) is 0 Å². The van der Waals surface area contributed by atoms with Gasteiger partial charge in [0.05, 0.1) is 24.1 Å².